The molecule has 0 saturated carbocycles. The summed E-state index contributed by atoms with van der Waals surface area (Å²) in [4.78, 5) is 15.8. The molecule has 0 bridgehead atoms. The average molecular weight is 291 g/mol. The molecule has 2 aromatic rings. The molecular formula is C15H15F2N3O. The van der Waals surface area contributed by atoms with Crippen LogP contribution in [0.3, 0.4) is 0 Å². The summed E-state index contributed by atoms with van der Waals surface area (Å²) in [6, 6.07) is 5.53. The Labute approximate surface area is 121 Å². The first-order valence-electron chi connectivity index (χ1n) is 6.51. The zero-order valence-corrected chi connectivity index (χ0v) is 11.5. The molecule has 0 radical (unpaired) electrons. The summed E-state index contributed by atoms with van der Waals surface area (Å²) in [5.41, 5.74) is 0.576. The minimum absolute atomic E-state index is 0.0549. The van der Waals surface area contributed by atoms with Crippen LogP contribution in [0, 0.1) is 11.6 Å². The van der Waals surface area contributed by atoms with Gasteiger partial charge in [0.2, 0.25) is 0 Å². The maximum atomic E-state index is 13.7. The van der Waals surface area contributed by atoms with E-state index in [0.29, 0.717) is 6.54 Å². The van der Waals surface area contributed by atoms with Gasteiger partial charge in [-0.15, -0.1) is 0 Å². The molecule has 110 valence electrons. The van der Waals surface area contributed by atoms with Gasteiger partial charge in [-0.3, -0.25) is 9.78 Å². The number of anilines is 1. The van der Waals surface area contributed by atoms with E-state index in [9.17, 15) is 13.6 Å². The van der Waals surface area contributed by atoms with Crippen molar-refractivity contribution >= 4 is 11.6 Å². The second-order valence-electron chi connectivity index (χ2n) is 4.38. The summed E-state index contributed by atoms with van der Waals surface area (Å²) in [7, 11) is 0. The first-order valence-corrected chi connectivity index (χ1v) is 6.51. The Morgan fingerprint density at radius 2 is 1.81 bits per heavy atom. The third-order valence-electron chi connectivity index (χ3n) is 2.86. The fourth-order valence-electron chi connectivity index (χ4n) is 1.83. The Morgan fingerprint density at radius 3 is 2.38 bits per heavy atom. The van der Waals surface area contributed by atoms with E-state index in [1.807, 2.05) is 0 Å². The molecule has 1 aromatic heterocycles. The summed E-state index contributed by atoms with van der Waals surface area (Å²) in [5, 5.41) is 5.18. The van der Waals surface area contributed by atoms with Gasteiger partial charge in [-0.25, -0.2) is 8.78 Å². The van der Waals surface area contributed by atoms with Crippen molar-refractivity contribution in [3.8, 4) is 0 Å². The number of pyridine rings is 1. The maximum Gasteiger partial charge on any atom is 0.251 e. The van der Waals surface area contributed by atoms with Gasteiger partial charge in [-0.05, 0) is 36.8 Å². The summed E-state index contributed by atoms with van der Waals surface area (Å²) >= 11 is 0. The first-order chi connectivity index (χ1) is 10.1. The van der Waals surface area contributed by atoms with Crippen LogP contribution in [-0.4, -0.2) is 17.4 Å². The molecule has 0 fully saturated rings. The standard InChI is InChI=1S/C15H15F2N3O/c1-2-19-14-12(16)7-11(8-13(14)17)15(21)20-9-10-3-5-18-6-4-10/h3-8,19H,2,9H2,1H3,(H,20,21). The molecule has 4 nitrogen and oxygen atoms in total. The van der Waals surface area contributed by atoms with Crippen molar-refractivity contribution in [2.24, 2.45) is 0 Å². The zero-order valence-electron chi connectivity index (χ0n) is 11.5. The fourth-order valence-corrected chi connectivity index (χ4v) is 1.83. The van der Waals surface area contributed by atoms with Gasteiger partial charge in [0.05, 0.1) is 0 Å². The molecule has 0 saturated heterocycles. The van der Waals surface area contributed by atoms with Gasteiger partial charge in [0.15, 0.2) is 0 Å². The predicted molar refractivity (Wildman–Crippen MR) is 75.9 cm³/mol. The average Bonchev–Trinajstić information content (AvgIpc) is 2.49. The summed E-state index contributed by atoms with van der Waals surface area (Å²) < 4.78 is 27.5. The number of rotatable bonds is 5. The second kappa shape index (κ2) is 6.78. The predicted octanol–water partition coefficient (Wildman–Crippen LogP) is 2.72. The SMILES string of the molecule is CCNc1c(F)cc(C(=O)NCc2ccncc2)cc1F. The number of nitrogens with one attached hydrogen (secondary N) is 2. The van der Waals surface area contributed by atoms with E-state index in [1.54, 1.807) is 31.5 Å². The van der Waals surface area contributed by atoms with Crippen LogP contribution in [0.2, 0.25) is 0 Å². The van der Waals surface area contributed by atoms with E-state index in [0.717, 1.165) is 17.7 Å². The van der Waals surface area contributed by atoms with Crippen LogP contribution < -0.4 is 10.6 Å². The van der Waals surface area contributed by atoms with Gasteiger partial charge < -0.3 is 10.6 Å². The minimum atomic E-state index is -0.786. The lowest BCUT2D eigenvalue weighted by Gasteiger charge is -2.09. The normalized spacial score (nSPS) is 10.2. The molecule has 0 aliphatic carbocycles. The molecule has 0 aliphatic rings. The van der Waals surface area contributed by atoms with E-state index in [2.05, 4.69) is 15.6 Å². The molecule has 0 unspecified atom stereocenters. The molecule has 0 atom stereocenters. The number of amides is 1. The van der Waals surface area contributed by atoms with Crippen molar-refractivity contribution in [2.75, 3.05) is 11.9 Å². The number of carbonyl (C=O) groups is 1. The lowest BCUT2D eigenvalue weighted by atomic mass is 10.1. The van der Waals surface area contributed by atoms with Crippen LogP contribution in [0.15, 0.2) is 36.7 Å². The Kier molecular flexibility index (Phi) is 4.81. The Hall–Kier alpha value is -2.50. The Bertz CT molecular complexity index is 609. The minimum Gasteiger partial charge on any atom is -0.381 e. The van der Waals surface area contributed by atoms with Crippen LogP contribution in [0.1, 0.15) is 22.8 Å². The summed E-state index contributed by atoms with van der Waals surface area (Å²) in [6.45, 7) is 2.38. The number of nitrogens with zero attached hydrogens (tertiary/aromatic N) is 1. The molecule has 1 aromatic carbocycles. The second-order valence-corrected chi connectivity index (χ2v) is 4.38. The van der Waals surface area contributed by atoms with Crippen molar-refractivity contribution in [2.45, 2.75) is 13.5 Å². The van der Waals surface area contributed by atoms with E-state index in [-0.39, 0.29) is 17.8 Å². The van der Waals surface area contributed by atoms with Crippen LogP contribution in [0.5, 0.6) is 0 Å². The van der Waals surface area contributed by atoms with Gasteiger partial charge in [0, 0.05) is 31.0 Å². The quantitative estimate of drug-likeness (QED) is 0.890. The van der Waals surface area contributed by atoms with Crippen LogP contribution in [0.25, 0.3) is 0 Å². The molecule has 6 heteroatoms. The van der Waals surface area contributed by atoms with E-state index < -0.39 is 17.5 Å². The van der Waals surface area contributed by atoms with Crippen molar-refractivity contribution in [1.29, 1.82) is 0 Å². The highest BCUT2D eigenvalue weighted by atomic mass is 19.1. The third-order valence-corrected chi connectivity index (χ3v) is 2.86. The van der Waals surface area contributed by atoms with Crippen molar-refractivity contribution in [1.82, 2.24) is 10.3 Å². The van der Waals surface area contributed by atoms with Gasteiger partial charge >= 0.3 is 0 Å². The summed E-state index contributed by atoms with van der Waals surface area (Å²) in [6.07, 6.45) is 3.21. The maximum absolute atomic E-state index is 13.7. The molecule has 2 rings (SSSR count). The number of hydrogen-bond acceptors (Lipinski definition) is 3. The van der Waals surface area contributed by atoms with Gasteiger partial charge in [-0.2, -0.15) is 0 Å². The fraction of sp³-hybridized carbons (Fsp3) is 0.200. The Morgan fingerprint density at radius 1 is 1.19 bits per heavy atom. The highest BCUT2D eigenvalue weighted by Crippen LogP contribution is 2.20. The number of aromatic nitrogens is 1. The first kappa shape index (κ1) is 14.9. The van der Waals surface area contributed by atoms with Crippen LogP contribution in [-0.2, 0) is 6.54 Å². The molecule has 2 N–H and O–H groups in total. The monoisotopic (exact) mass is 291 g/mol. The Balaban J connectivity index is 2.09. The lowest BCUT2D eigenvalue weighted by Crippen LogP contribution is -2.23. The van der Waals surface area contributed by atoms with Gasteiger partial charge in [0.1, 0.15) is 17.3 Å². The number of halogens is 2. The van der Waals surface area contributed by atoms with Gasteiger partial charge in [0.25, 0.3) is 5.91 Å². The van der Waals surface area contributed by atoms with E-state index in [1.165, 1.54) is 0 Å². The topological polar surface area (TPSA) is 54.0 Å². The summed E-state index contributed by atoms with van der Waals surface area (Å²) in [5.74, 6) is -2.11. The largest absolute Gasteiger partial charge is 0.381 e. The van der Waals surface area contributed by atoms with Crippen molar-refractivity contribution in [3.05, 3.63) is 59.4 Å². The highest BCUT2D eigenvalue weighted by molar-refractivity contribution is 5.94. The molecular weight excluding hydrogens is 276 g/mol. The highest BCUT2D eigenvalue weighted by Gasteiger charge is 2.14. The van der Waals surface area contributed by atoms with E-state index in [4.69, 9.17) is 0 Å². The van der Waals surface area contributed by atoms with Gasteiger partial charge in [-0.1, -0.05) is 0 Å². The smallest absolute Gasteiger partial charge is 0.251 e. The van der Waals surface area contributed by atoms with Crippen LogP contribution in [0.4, 0.5) is 14.5 Å². The zero-order chi connectivity index (χ0) is 15.2. The van der Waals surface area contributed by atoms with Crippen molar-refractivity contribution in [3.63, 3.8) is 0 Å². The molecule has 1 heterocycles. The third kappa shape index (κ3) is 3.75. The number of benzene rings is 1. The van der Waals surface area contributed by atoms with E-state index >= 15 is 0 Å². The molecule has 21 heavy (non-hydrogen) atoms. The van der Waals surface area contributed by atoms with Crippen LogP contribution >= 0.6 is 0 Å². The molecule has 1 amide bonds. The molecule has 0 aliphatic heterocycles. The number of hydrogen-bond donors (Lipinski definition) is 2. The molecule has 0 spiro atoms. The van der Waals surface area contributed by atoms with Crippen molar-refractivity contribution < 1.29 is 13.6 Å². The lowest BCUT2D eigenvalue weighted by molar-refractivity contribution is 0.0950. The number of carbonyl (C=O) groups excluding carboxylic acids is 1.